The summed E-state index contributed by atoms with van der Waals surface area (Å²) in [7, 11) is 1.75. The van der Waals surface area contributed by atoms with Gasteiger partial charge in [0.05, 0.1) is 22.9 Å². The molecule has 158 valence electrons. The van der Waals surface area contributed by atoms with Crippen molar-refractivity contribution >= 4 is 17.3 Å². The lowest BCUT2D eigenvalue weighted by atomic mass is 9.77. The van der Waals surface area contributed by atoms with Crippen molar-refractivity contribution in [2.45, 2.75) is 39.5 Å². The van der Waals surface area contributed by atoms with Gasteiger partial charge in [-0.05, 0) is 54.8 Å². The lowest BCUT2D eigenvalue weighted by Crippen LogP contribution is -2.19. The van der Waals surface area contributed by atoms with Gasteiger partial charge < -0.3 is 9.47 Å². The highest BCUT2D eigenvalue weighted by molar-refractivity contribution is 6.32. The zero-order valence-corrected chi connectivity index (χ0v) is 19.1. The summed E-state index contributed by atoms with van der Waals surface area (Å²) in [5, 5.41) is 10.0. The summed E-state index contributed by atoms with van der Waals surface area (Å²) >= 11 is 6.47. The number of benzene rings is 2. The van der Waals surface area contributed by atoms with E-state index in [0.29, 0.717) is 29.5 Å². The lowest BCUT2D eigenvalue weighted by Gasteiger charge is -2.27. The van der Waals surface area contributed by atoms with Crippen molar-refractivity contribution in [1.29, 1.82) is 5.26 Å². The Morgan fingerprint density at radius 2 is 1.87 bits per heavy atom. The van der Waals surface area contributed by atoms with Crippen LogP contribution < -0.4 is 9.47 Å². The van der Waals surface area contributed by atoms with Crippen LogP contribution in [0.15, 0.2) is 53.5 Å². The van der Waals surface area contributed by atoms with E-state index in [-0.39, 0.29) is 5.41 Å². The molecule has 0 saturated heterocycles. The number of aliphatic imine (C=N–C) groups is 1. The molecule has 0 aromatic heterocycles. The fourth-order valence-corrected chi connectivity index (χ4v) is 3.33. The zero-order valence-electron chi connectivity index (χ0n) is 18.3. The van der Waals surface area contributed by atoms with E-state index < -0.39 is 0 Å². The Labute approximate surface area is 184 Å². The zero-order chi connectivity index (χ0) is 22.1. The van der Waals surface area contributed by atoms with Crippen LogP contribution in [-0.4, -0.2) is 26.0 Å². The van der Waals surface area contributed by atoms with Crippen LogP contribution in [0.5, 0.6) is 11.5 Å². The van der Waals surface area contributed by atoms with Gasteiger partial charge in [0.25, 0.3) is 0 Å². The van der Waals surface area contributed by atoms with Crippen molar-refractivity contribution < 1.29 is 9.47 Å². The summed E-state index contributed by atoms with van der Waals surface area (Å²) in [6.07, 6.45) is 4.72. The van der Waals surface area contributed by atoms with Crippen molar-refractivity contribution in [3.63, 3.8) is 0 Å². The first-order valence-electron chi connectivity index (χ1n) is 10.1. The Balaban J connectivity index is 2.26. The third kappa shape index (κ3) is 5.64. The summed E-state index contributed by atoms with van der Waals surface area (Å²) in [6, 6.07) is 13.9. The molecule has 5 heteroatoms. The lowest BCUT2D eigenvalue weighted by molar-refractivity contribution is 0.316. The molecule has 2 rings (SSSR count). The molecule has 0 atom stereocenters. The average Bonchev–Trinajstić information content (AvgIpc) is 2.75. The molecule has 0 bridgehead atoms. The standard InChI is InChI=1S/C25H29ClN2O2/c1-6-8-21(28-5)17-30-22-11-9-19(10-12-22)25(3,4)20-14-18(16-27)24(23(26)15-20)29-13-7-2/h6,8-12,14-15H,7,13,17H2,1-5H3/b8-6-,28-21?. The Kier molecular flexibility index (Phi) is 8.50. The molecule has 0 saturated carbocycles. The van der Waals surface area contributed by atoms with E-state index in [4.69, 9.17) is 21.1 Å². The predicted molar refractivity (Wildman–Crippen MR) is 124 cm³/mol. The predicted octanol–water partition coefficient (Wildman–Crippen LogP) is 6.35. The first-order valence-corrected chi connectivity index (χ1v) is 10.4. The van der Waals surface area contributed by atoms with Gasteiger partial charge in [-0.15, -0.1) is 0 Å². The second-order valence-corrected chi connectivity index (χ2v) is 7.86. The highest BCUT2D eigenvalue weighted by atomic mass is 35.5. The van der Waals surface area contributed by atoms with Crippen LogP contribution in [0.3, 0.4) is 0 Å². The van der Waals surface area contributed by atoms with E-state index in [9.17, 15) is 5.26 Å². The first-order chi connectivity index (χ1) is 14.4. The smallest absolute Gasteiger partial charge is 0.155 e. The van der Waals surface area contributed by atoms with Gasteiger partial charge in [0, 0.05) is 12.5 Å². The molecule has 0 N–H and O–H groups in total. The van der Waals surface area contributed by atoms with Crippen LogP contribution in [0.2, 0.25) is 5.02 Å². The number of nitriles is 1. The number of hydrogen-bond acceptors (Lipinski definition) is 4. The number of hydrogen-bond donors (Lipinski definition) is 0. The van der Waals surface area contributed by atoms with Crippen LogP contribution in [0.25, 0.3) is 0 Å². The van der Waals surface area contributed by atoms with Gasteiger partial charge in [-0.2, -0.15) is 5.26 Å². The van der Waals surface area contributed by atoms with Gasteiger partial charge in [-0.25, -0.2) is 0 Å². The fourth-order valence-electron chi connectivity index (χ4n) is 3.06. The Morgan fingerprint density at radius 1 is 1.17 bits per heavy atom. The number of allylic oxidation sites excluding steroid dienone is 1. The van der Waals surface area contributed by atoms with Gasteiger partial charge in [0.2, 0.25) is 0 Å². The number of ether oxygens (including phenoxy) is 2. The third-order valence-electron chi connectivity index (χ3n) is 4.95. The maximum absolute atomic E-state index is 9.58. The molecule has 0 aliphatic rings. The minimum atomic E-state index is -0.349. The average molecular weight is 425 g/mol. The van der Waals surface area contributed by atoms with E-state index in [0.717, 1.165) is 29.0 Å². The molecule has 4 nitrogen and oxygen atoms in total. The van der Waals surface area contributed by atoms with Crippen LogP contribution in [0.4, 0.5) is 0 Å². The van der Waals surface area contributed by atoms with Gasteiger partial charge >= 0.3 is 0 Å². The molecule has 30 heavy (non-hydrogen) atoms. The molecule has 0 radical (unpaired) electrons. The van der Waals surface area contributed by atoms with E-state index in [1.54, 1.807) is 7.05 Å². The summed E-state index contributed by atoms with van der Waals surface area (Å²) in [4.78, 5) is 4.20. The molecular weight excluding hydrogens is 396 g/mol. The van der Waals surface area contributed by atoms with E-state index >= 15 is 0 Å². The van der Waals surface area contributed by atoms with E-state index in [2.05, 4.69) is 24.9 Å². The fraction of sp³-hybridized carbons (Fsp3) is 0.360. The summed E-state index contributed by atoms with van der Waals surface area (Å²) in [5.74, 6) is 1.23. The van der Waals surface area contributed by atoms with Gasteiger partial charge in [0.1, 0.15) is 18.4 Å². The van der Waals surface area contributed by atoms with Crippen molar-refractivity contribution in [3.05, 3.63) is 70.3 Å². The van der Waals surface area contributed by atoms with Crippen LogP contribution in [-0.2, 0) is 5.41 Å². The highest BCUT2D eigenvalue weighted by Crippen LogP contribution is 2.38. The van der Waals surface area contributed by atoms with E-state index in [1.165, 1.54) is 0 Å². The second kappa shape index (κ2) is 10.8. The normalized spacial score (nSPS) is 12.1. The molecule has 0 aliphatic carbocycles. The Hall–Kier alpha value is -2.77. The third-order valence-corrected chi connectivity index (χ3v) is 5.23. The molecule has 0 aliphatic heterocycles. The van der Waals surface area contributed by atoms with Crippen LogP contribution >= 0.6 is 11.6 Å². The SMILES string of the molecule is C/C=C\C(COc1ccc(C(C)(C)c2cc(Cl)c(OCCC)c(C#N)c2)cc1)=NC. The molecule has 2 aromatic rings. The molecule has 2 aromatic carbocycles. The quantitative estimate of drug-likeness (QED) is 0.440. The van der Waals surface area contributed by atoms with Gasteiger partial charge in [-0.1, -0.05) is 50.6 Å². The minimum absolute atomic E-state index is 0.349. The maximum atomic E-state index is 9.58. The number of rotatable bonds is 9. The van der Waals surface area contributed by atoms with Crippen molar-refractivity contribution in [1.82, 2.24) is 0 Å². The van der Waals surface area contributed by atoms with Crippen LogP contribution in [0, 0.1) is 11.3 Å². The topological polar surface area (TPSA) is 54.6 Å². The largest absolute Gasteiger partial charge is 0.491 e. The molecule has 0 fully saturated rings. The van der Waals surface area contributed by atoms with Gasteiger partial charge in [0.15, 0.2) is 5.75 Å². The summed E-state index contributed by atoms with van der Waals surface area (Å²) < 4.78 is 11.5. The molecule has 0 unspecified atom stereocenters. The second-order valence-electron chi connectivity index (χ2n) is 7.45. The number of halogens is 1. The Bertz CT molecular complexity index is 954. The first kappa shape index (κ1) is 23.5. The van der Waals surface area contributed by atoms with Gasteiger partial charge in [-0.3, -0.25) is 4.99 Å². The molecular formula is C25H29ClN2O2. The van der Waals surface area contributed by atoms with Crippen molar-refractivity contribution in [2.24, 2.45) is 4.99 Å². The van der Waals surface area contributed by atoms with E-state index in [1.807, 2.05) is 62.4 Å². The maximum Gasteiger partial charge on any atom is 0.155 e. The molecule has 0 spiro atoms. The highest BCUT2D eigenvalue weighted by Gasteiger charge is 2.26. The summed E-state index contributed by atoms with van der Waals surface area (Å²) in [6.45, 7) is 9.13. The number of nitrogens with zero attached hydrogens (tertiary/aromatic N) is 2. The van der Waals surface area contributed by atoms with Crippen molar-refractivity contribution in [3.8, 4) is 17.6 Å². The monoisotopic (exact) mass is 424 g/mol. The molecule has 0 amide bonds. The summed E-state index contributed by atoms with van der Waals surface area (Å²) in [5.41, 5.74) is 3.03. The Morgan fingerprint density at radius 3 is 2.43 bits per heavy atom. The van der Waals surface area contributed by atoms with Crippen molar-refractivity contribution in [2.75, 3.05) is 20.3 Å². The molecule has 0 heterocycles. The minimum Gasteiger partial charge on any atom is -0.491 e. The van der Waals surface area contributed by atoms with Crippen LogP contribution in [0.1, 0.15) is 50.8 Å².